The number of halogens is 1. The van der Waals surface area contributed by atoms with Gasteiger partial charge in [-0.2, -0.15) is 5.10 Å². The lowest BCUT2D eigenvalue weighted by Gasteiger charge is -2.36. The average Bonchev–Trinajstić information content (AvgIpc) is 2.75. The number of aromatic nitrogens is 4. The van der Waals surface area contributed by atoms with Crippen LogP contribution >= 0.6 is 0 Å². The highest BCUT2D eigenvalue weighted by atomic mass is 19.1. The lowest BCUT2D eigenvalue weighted by atomic mass is 9.93. The molecule has 1 fully saturated rings. The molecule has 1 saturated heterocycles. The second-order valence-electron chi connectivity index (χ2n) is 7.23. The van der Waals surface area contributed by atoms with Gasteiger partial charge < -0.3 is 10.6 Å². The van der Waals surface area contributed by atoms with Gasteiger partial charge in [-0.25, -0.2) is 19.0 Å². The van der Waals surface area contributed by atoms with Crippen molar-refractivity contribution in [3.8, 4) is 11.1 Å². The van der Waals surface area contributed by atoms with Gasteiger partial charge in [0.05, 0.1) is 11.7 Å². The Morgan fingerprint density at radius 3 is 2.83 bits per heavy atom. The minimum absolute atomic E-state index is 0.0864. The van der Waals surface area contributed by atoms with Crippen LogP contribution in [0.4, 0.5) is 10.3 Å². The maximum Gasteiger partial charge on any atom is 0.274 e. The summed E-state index contributed by atoms with van der Waals surface area (Å²) in [4.78, 5) is 35.1. The molecule has 1 unspecified atom stereocenters. The van der Waals surface area contributed by atoms with Crippen LogP contribution < -0.4 is 11.3 Å². The first-order valence-corrected chi connectivity index (χ1v) is 9.68. The summed E-state index contributed by atoms with van der Waals surface area (Å²) in [6, 6.07) is 8.53. The van der Waals surface area contributed by atoms with E-state index >= 15 is 0 Å². The molecular formula is C21H21FN6O2. The molecule has 154 valence electrons. The standard InChI is InChI=1S/C21H21FN6O2/c1-27-18(29)9-8-16(26-27)20(30)28-10-3-2-7-17(28)19-15(12-24-21(23)25-19)13-5-4-6-14(22)11-13/h4-6,8-9,11-12,17H,2-3,7,10H2,1H3,(H2,23,24,25). The number of likely N-dealkylation sites (tertiary alicyclic amines) is 1. The Morgan fingerprint density at radius 1 is 1.23 bits per heavy atom. The molecule has 0 aliphatic carbocycles. The topological polar surface area (TPSA) is 107 Å². The summed E-state index contributed by atoms with van der Waals surface area (Å²) in [7, 11) is 1.50. The Kier molecular flexibility index (Phi) is 5.26. The molecule has 0 bridgehead atoms. The fourth-order valence-electron chi connectivity index (χ4n) is 3.76. The number of nitrogens with two attached hydrogens (primary N) is 1. The fraction of sp³-hybridized carbons (Fsp3) is 0.286. The highest BCUT2D eigenvalue weighted by Gasteiger charge is 2.32. The Hall–Kier alpha value is -3.62. The van der Waals surface area contributed by atoms with Crippen LogP contribution in [0.5, 0.6) is 0 Å². The van der Waals surface area contributed by atoms with Crippen molar-refractivity contribution < 1.29 is 9.18 Å². The van der Waals surface area contributed by atoms with Crippen LogP contribution in [0.2, 0.25) is 0 Å². The predicted molar refractivity (Wildman–Crippen MR) is 109 cm³/mol. The van der Waals surface area contributed by atoms with Crippen molar-refractivity contribution in [3.63, 3.8) is 0 Å². The zero-order valence-corrected chi connectivity index (χ0v) is 16.5. The quantitative estimate of drug-likeness (QED) is 0.713. The second-order valence-corrected chi connectivity index (χ2v) is 7.23. The molecule has 8 nitrogen and oxygen atoms in total. The highest BCUT2D eigenvalue weighted by Crippen LogP contribution is 2.36. The van der Waals surface area contributed by atoms with E-state index in [0.717, 1.165) is 17.5 Å². The zero-order chi connectivity index (χ0) is 21.3. The van der Waals surface area contributed by atoms with Gasteiger partial charge in [-0.05, 0) is 43.0 Å². The lowest BCUT2D eigenvalue weighted by Crippen LogP contribution is -2.40. The van der Waals surface area contributed by atoms with Gasteiger partial charge in [0.1, 0.15) is 11.5 Å². The van der Waals surface area contributed by atoms with Crippen LogP contribution in [0.3, 0.4) is 0 Å². The number of benzene rings is 1. The van der Waals surface area contributed by atoms with Crippen molar-refractivity contribution in [2.45, 2.75) is 25.3 Å². The highest BCUT2D eigenvalue weighted by molar-refractivity contribution is 5.92. The number of hydrogen-bond donors (Lipinski definition) is 1. The molecule has 3 aromatic rings. The summed E-state index contributed by atoms with van der Waals surface area (Å²) < 4.78 is 15.0. The van der Waals surface area contributed by atoms with Crippen LogP contribution in [0.25, 0.3) is 11.1 Å². The van der Waals surface area contributed by atoms with E-state index in [1.807, 2.05) is 0 Å². The number of carbonyl (C=O) groups excluding carboxylic acids is 1. The molecule has 1 aliphatic heterocycles. The van der Waals surface area contributed by atoms with Crippen molar-refractivity contribution in [2.24, 2.45) is 7.05 Å². The minimum Gasteiger partial charge on any atom is -0.368 e. The van der Waals surface area contributed by atoms with E-state index in [9.17, 15) is 14.0 Å². The van der Waals surface area contributed by atoms with Crippen molar-refractivity contribution in [1.29, 1.82) is 0 Å². The molecule has 3 heterocycles. The number of anilines is 1. The number of piperidine rings is 1. The summed E-state index contributed by atoms with van der Waals surface area (Å²) in [5, 5.41) is 4.09. The molecular weight excluding hydrogens is 387 g/mol. The molecule has 0 spiro atoms. The van der Waals surface area contributed by atoms with Crippen LogP contribution in [-0.4, -0.2) is 37.1 Å². The van der Waals surface area contributed by atoms with Gasteiger partial charge in [-0.1, -0.05) is 12.1 Å². The smallest absolute Gasteiger partial charge is 0.274 e. The summed E-state index contributed by atoms with van der Waals surface area (Å²) in [6.45, 7) is 0.514. The van der Waals surface area contributed by atoms with E-state index < -0.39 is 0 Å². The Bertz CT molecular complexity index is 1160. The summed E-state index contributed by atoms with van der Waals surface area (Å²) in [5.74, 6) is -0.581. The van der Waals surface area contributed by atoms with Gasteiger partial charge in [0.2, 0.25) is 5.95 Å². The van der Waals surface area contributed by atoms with Gasteiger partial charge in [0.25, 0.3) is 11.5 Å². The van der Waals surface area contributed by atoms with E-state index in [2.05, 4.69) is 15.1 Å². The van der Waals surface area contributed by atoms with Crippen LogP contribution in [0, 0.1) is 5.82 Å². The molecule has 1 aliphatic rings. The van der Waals surface area contributed by atoms with Crippen LogP contribution in [0.15, 0.2) is 47.4 Å². The third-order valence-electron chi connectivity index (χ3n) is 5.23. The lowest BCUT2D eigenvalue weighted by molar-refractivity contribution is 0.0598. The van der Waals surface area contributed by atoms with Crippen LogP contribution in [-0.2, 0) is 7.05 Å². The third kappa shape index (κ3) is 3.78. The van der Waals surface area contributed by atoms with Crippen molar-refractivity contribution in [2.75, 3.05) is 12.3 Å². The van der Waals surface area contributed by atoms with Gasteiger partial charge >= 0.3 is 0 Å². The maximum absolute atomic E-state index is 13.8. The molecule has 1 aromatic carbocycles. The normalized spacial score (nSPS) is 16.5. The van der Waals surface area contributed by atoms with Crippen molar-refractivity contribution in [1.82, 2.24) is 24.6 Å². The number of aryl methyl sites for hydroxylation is 1. The molecule has 2 aromatic heterocycles. The fourth-order valence-corrected chi connectivity index (χ4v) is 3.76. The molecule has 4 rings (SSSR count). The molecule has 1 amide bonds. The minimum atomic E-state index is -0.374. The number of nitrogen functional groups attached to an aromatic ring is 1. The molecule has 0 saturated carbocycles. The molecule has 30 heavy (non-hydrogen) atoms. The zero-order valence-electron chi connectivity index (χ0n) is 16.5. The molecule has 0 radical (unpaired) electrons. The number of hydrogen-bond acceptors (Lipinski definition) is 6. The Labute approximate surface area is 172 Å². The van der Waals surface area contributed by atoms with Gasteiger partial charge in [-0.15, -0.1) is 0 Å². The number of nitrogens with zero attached hydrogens (tertiary/aromatic N) is 5. The van der Waals surface area contributed by atoms with E-state index in [4.69, 9.17) is 5.73 Å². The molecule has 9 heteroatoms. The van der Waals surface area contributed by atoms with E-state index in [1.54, 1.807) is 23.2 Å². The van der Waals surface area contributed by atoms with Crippen molar-refractivity contribution >= 4 is 11.9 Å². The van der Waals surface area contributed by atoms with Gasteiger partial charge in [0.15, 0.2) is 0 Å². The first-order valence-electron chi connectivity index (χ1n) is 9.68. The third-order valence-corrected chi connectivity index (χ3v) is 5.23. The van der Waals surface area contributed by atoms with E-state index in [-0.39, 0.29) is 35.0 Å². The largest absolute Gasteiger partial charge is 0.368 e. The summed E-state index contributed by atoms with van der Waals surface area (Å²) >= 11 is 0. The van der Waals surface area contributed by atoms with Gasteiger partial charge in [0, 0.05) is 31.4 Å². The average molecular weight is 408 g/mol. The SMILES string of the molecule is Cn1nc(C(=O)N2CCCCC2c2nc(N)ncc2-c2cccc(F)c2)ccc1=O. The predicted octanol–water partition coefficient (Wildman–Crippen LogP) is 2.33. The first-order chi connectivity index (χ1) is 14.4. The molecule has 1 atom stereocenters. The van der Waals surface area contributed by atoms with E-state index in [0.29, 0.717) is 29.8 Å². The van der Waals surface area contributed by atoms with Crippen LogP contribution in [0.1, 0.15) is 41.5 Å². The number of rotatable bonds is 3. The van der Waals surface area contributed by atoms with E-state index in [1.165, 1.54) is 31.3 Å². The van der Waals surface area contributed by atoms with Gasteiger partial charge in [-0.3, -0.25) is 9.59 Å². The number of amides is 1. The van der Waals surface area contributed by atoms with Crippen molar-refractivity contribution in [3.05, 3.63) is 70.2 Å². The summed E-state index contributed by atoms with van der Waals surface area (Å²) in [5.41, 5.74) is 7.56. The summed E-state index contributed by atoms with van der Waals surface area (Å²) in [6.07, 6.45) is 3.98. The Morgan fingerprint density at radius 2 is 2.07 bits per heavy atom. The molecule has 2 N–H and O–H groups in total. The first kappa shape index (κ1) is 19.7. The second kappa shape index (κ2) is 8.02. The Balaban J connectivity index is 1.78. The maximum atomic E-state index is 13.8. The number of carbonyl (C=O) groups is 1. The monoisotopic (exact) mass is 408 g/mol.